The van der Waals surface area contributed by atoms with Crippen LogP contribution in [0.5, 0.6) is 0 Å². The highest BCUT2D eigenvalue weighted by Crippen LogP contribution is 2.40. The second-order valence-electron chi connectivity index (χ2n) is 7.68. The first-order valence-corrected chi connectivity index (χ1v) is 9.48. The van der Waals surface area contributed by atoms with E-state index in [0.29, 0.717) is 26.1 Å². The lowest BCUT2D eigenvalue weighted by Crippen LogP contribution is -2.56. The lowest BCUT2D eigenvalue weighted by atomic mass is 9.74. The van der Waals surface area contributed by atoms with Crippen molar-refractivity contribution in [1.82, 2.24) is 10.2 Å². The van der Waals surface area contributed by atoms with Crippen molar-refractivity contribution in [2.45, 2.75) is 43.8 Å². The van der Waals surface area contributed by atoms with Crippen molar-refractivity contribution in [3.05, 3.63) is 47.5 Å². The number of piperidine rings is 1. The van der Waals surface area contributed by atoms with Crippen LogP contribution in [0.15, 0.2) is 36.4 Å². The van der Waals surface area contributed by atoms with Crippen LogP contribution in [0, 0.1) is 0 Å². The molecule has 6 heteroatoms. The van der Waals surface area contributed by atoms with E-state index in [4.69, 9.17) is 0 Å². The van der Waals surface area contributed by atoms with Gasteiger partial charge in [-0.25, -0.2) is 0 Å². The van der Waals surface area contributed by atoms with Crippen molar-refractivity contribution >= 4 is 16.7 Å². The van der Waals surface area contributed by atoms with E-state index >= 15 is 0 Å². The van der Waals surface area contributed by atoms with Gasteiger partial charge in [-0.3, -0.25) is 4.79 Å². The SMILES string of the molecule is O=C1Cc2c(ccc3ccccc23)C2(CCN(CCCC(F)(F)F)CC2)N1. The molecule has 1 spiro atoms. The van der Waals surface area contributed by atoms with Crippen LogP contribution < -0.4 is 5.32 Å². The zero-order chi connectivity index (χ0) is 19.1. The Morgan fingerprint density at radius 3 is 2.56 bits per heavy atom. The van der Waals surface area contributed by atoms with Crippen molar-refractivity contribution in [2.24, 2.45) is 0 Å². The van der Waals surface area contributed by atoms with E-state index in [2.05, 4.69) is 34.5 Å². The number of fused-ring (bicyclic) bond motifs is 4. The summed E-state index contributed by atoms with van der Waals surface area (Å²) in [6.45, 7) is 1.85. The molecule has 2 heterocycles. The minimum atomic E-state index is -4.09. The highest BCUT2D eigenvalue weighted by molar-refractivity contribution is 5.93. The molecule has 0 radical (unpaired) electrons. The van der Waals surface area contributed by atoms with Gasteiger partial charge in [0, 0.05) is 19.5 Å². The predicted octanol–water partition coefficient (Wildman–Crippen LogP) is 4.15. The zero-order valence-corrected chi connectivity index (χ0v) is 15.1. The van der Waals surface area contributed by atoms with Crippen LogP contribution in [-0.2, 0) is 16.8 Å². The quantitative estimate of drug-likeness (QED) is 0.873. The molecule has 2 aromatic rings. The summed E-state index contributed by atoms with van der Waals surface area (Å²) in [5, 5.41) is 5.46. The van der Waals surface area contributed by atoms with Crippen LogP contribution >= 0.6 is 0 Å². The maximum absolute atomic E-state index is 12.5. The maximum atomic E-state index is 12.5. The number of hydrogen-bond acceptors (Lipinski definition) is 2. The molecule has 0 saturated carbocycles. The van der Waals surface area contributed by atoms with Crippen LogP contribution in [0.25, 0.3) is 10.8 Å². The van der Waals surface area contributed by atoms with Crippen LogP contribution in [0.4, 0.5) is 13.2 Å². The number of alkyl halides is 3. The summed E-state index contributed by atoms with van der Waals surface area (Å²) >= 11 is 0. The molecule has 1 N–H and O–H groups in total. The minimum absolute atomic E-state index is 0.0318. The van der Waals surface area contributed by atoms with Gasteiger partial charge in [-0.2, -0.15) is 13.2 Å². The molecule has 144 valence electrons. The van der Waals surface area contributed by atoms with Gasteiger partial charge in [-0.15, -0.1) is 0 Å². The number of rotatable bonds is 3. The van der Waals surface area contributed by atoms with Crippen LogP contribution in [-0.4, -0.2) is 36.6 Å². The van der Waals surface area contributed by atoms with Gasteiger partial charge in [0.2, 0.25) is 5.91 Å². The minimum Gasteiger partial charge on any atom is -0.346 e. The van der Waals surface area contributed by atoms with Gasteiger partial charge in [0.25, 0.3) is 0 Å². The Morgan fingerprint density at radius 1 is 1.07 bits per heavy atom. The van der Waals surface area contributed by atoms with E-state index in [-0.39, 0.29) is 12.3 Å². The largest absolute Gasteiger partial charge is 0.389 e. The Morgan fingerprint density at radius 2 is 1.81 bits per heavy atom. The summed E-state index contributed by atoms with van der Waals surface area (Å²) < 4.78 is 37.1. The number of halogens is 3. The third kappa shape index (κ3) is 3.68. The third-order valence-corrected chi connectivity index (χ3v) is 5.92. The van der Waals surface area contributed by atoms with Gasteiger partial charge in [-0.1, -0.05) is 36.4 Å². The van der Waals surface area contributed by atoms with Gasteiger partial charge in [0.1, 0.15) is 0 Å². The summed E-state index contributed by atoms with van der Waals surface area (Å²) in [6, 6.07) is 12.3. The summed E-state index contributed by atoms with van der Waals surface area (Å²) in [7, 11) is 0. The molecule has 2 aliphatic heterocycles. The fourth-order valence-corrected chi connectivity index (χ4v) is 4.57. The van der Waals surface area contributed by atoms with Gasteiger partial charge in [-0.05, 0) is 47.7 Å². The monoisotopic (exact) mass is 376 g/mol. The van der Waals surface area contributed by atoms with Gasteiger partial charge in [0.05, 0.1) is 12.0 Å². The second-order valence-corrected chi connectivity index (χ2v) is 7.68. The number of nitrogens with zero attached hydrogens (tertiary/aromatic N) is 1. The normalized spacial score (nSPS) is 19.9. The molecule has 0 aliphatic carbocycles. The first-order chi connectivity index (χ1) is 12.9. The predicted molar refractivity (Wildman–Crippen MR) is 98.4 cm³/mol. The molecule has 1 fully saturated rings. The van der Waals surface area contributed by atoms with Crippen molar-refractivity contribution in [2.75, 3.05) is 19.6 Å². The van der Waals surface area contributed by atoms with Crippen LogP contribution in [0.1, 0.15) is 36.8 Å². The Bertz CT molecular complexity index is 854. The van der Waals surface area contributed by atoms with E-state index < -0.39 is 18.1 Å². The van der Waals surface area contributed by atoms with Crippen molar-refractivity contribution in [3.8, 4) is 0 Å². The number of likely N-dealkylation sites (tertiary alicyclic amines) is 1. The van der Waals surface area contributed by atoms with Crippen molar-refractivity contribution < 1.29 is 18.0 Å². The van der Waals surface area contributed by atoms with E-state index in [1.807, 2.05) is 12.1 Å². The fourth-order valence-electron chi connectivity index (χ4n) is 4.57. The second kappa shape index (κ2) is 6.82. The topological polar surface area (TPSA) is 32.3 Å². The zero-order valence-electron chi connectivity index (χ0n) is 15.1. The van der Waals surface area contributed by atoms with Crippen LogP contribution in [0.2, 0.25) is 0 Å². The molecule has 4 rings (SSSR count). The smallest absolute Gasteiger partial charge is 0.346 e. The first kappa shape index (κ1) is 18.3. The molecule has 3 nitrogen and oxygen atoms in total. The Balaban J connectivity index is 1.54. The Kier molecular flexibility index (Phi) is 4.62. The maximum Gasteiger partial charge on any atom is 0.389 e. The summed E-state index contributed by atoms with van der Waals surface area (Å²) in [5.74, 6) is 0.0318. The molecule has 1 saturated heterocycles. The fraction of sp³-hybridized carbons (Fsp3) is 0.476. The van der Waals surface area contributed by atoms with Gasteiger partial charge >= 0.3 is 6.18 Å². The number of nitrogens with one attached hydrogen (secondary N) is 1. The van der Waals surface area contributed by atoms with Crippen molar-refractivity contribution in [3.63, 3.8) is 0 Å². The highest BCUT2D eigenvalue weighted by atomic mass is 19.4. The number of carbonyl (C=O) groups is 1. The molecule has 1 amide bonds. The molecule has 0 atom stereocenters. The van der Waals surface area contributed by atoms with E-state index in [1.54, 1.807) is 0 Å². The third-order valence-electron chi connectivity index (χ3n) is 5.92. The average molecular weight is 376 g/mol. The lowest BCUT2D eigenvalue weighted by molar-refractivity contribution is -0.136. The number of amides is 1. The molecule has 27 heavy (non-hydrogen) atoms. The van der Waals surface area contributed by atoms with E-state index in [9.17, 15) is 18.0 Å². The van der Waals surface area contributed by atoms with E-state index in [1.165, 1.54) is 5.56 Å². The molecular weight excluding hydrogens is 353 g/mol. The molecule has 0 aromatic heterocycles. The molecule has 2 aliphatic rings. The van der Waals surface area contributed by atoms with Crippen molar-refractivity contribution in [1.29, 1.82) is 0 Å². The number of hydrogen-bond donors (Lipinski definition) is 1. The highest BCUT2D eigenvalue weighted by Gasteiger charge is 2.42. The Labute approximate surface area is 156 Å². The lowest BCUT2D eigenvalue weighted by Gasteiger charge is -2.46. The summed E-state index contributed by atoms with van der Waals surface area (Å²) in [5.41, 5.74) is 1.88. The molecule has 0 bridgehead atoms. The standard InChI is InChI=1S/C21H23F3N2O/c22-21(23,24)8-3-11-26-12-9-20(10-13-26)18-7-6-15-4-1-2-5-16(15)17(18)14-19(27)25-20/h1-2,4-7H,3,8-14H2,(H,25,27). The first-order valence-electron chi connectivity index (χ1n) is 9.48. The molecular formula is C21H23F3N2O. The van der Waals surface area contributed by atoms with E-state index in [0.717, 1.165) is 29.2 Å². The number of carbonyl (C=O) groups excluding carboxylic acids is 1. The summed E-state index contributed by atoms with van der Waals surface area (Å²) in [4.78, 5) is 14.5. The summed E-state index contributed by atoms with van der Waals surface area (Å²) in [6.07, 6.45) is -2.85. The molecule has 0 unspecified atom stereocenters. The van der Waals surface area contributed by atoms with Gasteiger partial charge in [0.15, 0.2) is 0 Å². The average Bonchev–Trinajstić information content (AvgIpc) is 2.62. The van der Waals surface area contributed by atoms with Gasteiger partial charge < -0.3 is 10.2 Å². The Hall–Kier alpha value is -2.08. The number of benzene rings is 2. The molecule has 2 aromatic carbocycles. The van der Waals surface area contributed by atoms with Crippen LogP contribution in [0.3, 0.4) is 0 Å².